The third kappa shape index (κ3) is 2.75. The number of imide groups is 1. The zero-order valence-corrected chi connectivity index (χ0v) is 17.3. The first-order chi connectivity index (χ1) is 16.2. The van der Waals surface area contributed by atoms with E-state index in [9.17, 15) is 32.9 Å². The van der Waals surface area contributed by atoms with Crippen molar-refractivity contribution in [1.29, 1.82) is 0 Å². The van der Waals surface area contributed by atoms with Crippen molar-refractivity contribution in [1.82, 2.24) is 0 Å². The lowest BCUT2D eigenvalue weighted by molar-refractivity contribution is -0.384. The average molecular weight is 471 g/mol. The molecule has 2 saturated carbocycles. The molecule has 2 amide bonds. The summed E-state index contributed by atoms with van der Waals surface area (Å²) in [6, 6.07) is 10.2. The summed E-state index contributed by atoms with van der Waals surface area (Å²) in [6.07, 6.45) is -4.52. The third-order valence-electron chi connectivity index (χ3n) is 7.47. The summed E-state index contributed by atoms with van der Waals surface area (Å²) in [4.78, 5) is 43.8. The fourth-order valence-electron chi connectivity index (χ4n) is 6.22. The van der Waals surface area contributed by atoms with Gasteiger partial charge in [0.15, 0.2) is 0 Å². The molecule has 4 aliphatic rings. The third-order valence-corrected chi connectivity index (χ3v) is 7.47. The highest BCUT2D eigenvalue weighted by molar-refractivity contribution is 6.23. The number of hydrogen-bond donors (Lipinski definition) is 0. The Labute approximate surface area is 190 Å². The quantitative estimate of drug-likeness (QED) is 0.385. The molecule has 34 heavy (non-hydrogen) atoms. The molecule has 6 rings (SSSR count). The lowest BCUT2D eigenvalue weighted by atomic mass is 9.71. The summed E-state index contributed by atoms with van der Waals surface area (Å²) in [5.74, 6) is -3.36. The molecular formula is C23H16F3N3O5. The Morgan fingerprint density at radius 3 is 2.41 bits per heavy atom. The lowest BCUT2D eigenvalue weighted by Crippen LogP contribution is -2.41. The second kappa shape index (κ2) is 6.87. The number of oxime groups is 1. The first-order valence-corrected chi connectivity index (χ1v) is 10.7. The van der Waals surface area contributed by atoms with Gasteiger partial charge in [0.2, 0.25) is 11.8 Å². The number of rotatable bonds is 3. The van der Waals surface area contributed by atoms with Crippen LogP contribution in [0.2, 0.25) is 0 Å². The van der Waals surface area contributed by atoms with Gasteiger partial charge in [0.05, 0.1) is 33.7 Å². The van der Waals surface area contributed by atoms with Gasteiger partial charge in [0, 0.05) is 29.5 Å². The summed E-state index contributed by atoms with van der Waals surface area (Å²) in [5, 5.41) is 15.3. The van der Waals surface area contributed by atoms with E-state index in [4.69, 9.17) is 4.84 Å². The molecule has 1 saturated heterocycles. The number of alkyl halides is 3. The predicted octanol–water partition coefficient (Wildman–Crippen LogP) is 3.79. The van der Waals surface area contributed by atoms with Crippen molar-refractivity contribution in [3.05, 3.63) is 69.8 Å². The van der Waals surface area contributed by atoms with E-state index in [1.807, 2.05) is 0 Å². The van der Waals surface area contributed by atoms with Gasteiger partial charge in [0.25, 0.3) is 5.69 Å². The summed E-state index contributed by atoms with van der Waals surface area (Å²) in [6.45, 7) is 0. The van der Waals surface area contributed by atoms with E-state index in [0.717, 1.165) is 17.0 Å². The van der Waals surface area contributed by atoms with Crippen molar-refractivity contribution in [2.24, 2.45) is 34.7 Å². The van der Waals surface area contributed by atoms with Crippen LogP contribution >= 0.6 is 0 Å². The molecule has 2 aromatic rings. The molecule has 2 bridgehead atoms. The van der Waals surface area contributed by atoms with E-state index in [0.29, 0.717) is 17.7 Å². The van der Waals surface area contributed by atoms with Gasteiger partial charge in [-0.05, 0) is 30.5 Å². The molecular weight excluding hydrogens is 455 g/mol. The van der Waals surface area contributed by atoms with E-state index in [1.54, 1.807) is 12.1 Å². The number of nitrogens with zero attached hydrogens (tertiary/aromatic N) is 3. The molecule has 11 heteroatoms. The molecule has 0 radical (unpaired) electrons. The predicted molar refractivity (Wildman–Crippen MR) is 111 cm³/mol. The van der Waals surface area contributed by atoms with Crippen molar-refractivity contribution in [3.63, 3.8) is 0 Å². The number of hydrogen-bond acceptors (Lipinski definition) is 6. The second-order valence-corrected chi connectivity index (χ2v) is 9.05. The molecule has 0 N–H and O–H groups in total. The summed E-state index contributed by atoms with van der Waals surface area (Å²) < 4.78 is 39.6. The Balaban J connectivity index is 1.33. The highest BCUT2D eigenvalue weighted by Gasteiger charge is 2.70. The number of carbonyl (C=O) groups is 2. The number of amides is 2. The number of nitro benzene ring substituents is 1. The molecule has 2 aliphatic heterocycles. The number of halogens is 3. The molecule has 2 aliphatic carbocycles. The van der Waals surface area contributed by atoms with E-state index in [-0.39, 0.29) is 29.1 Å². The maximum atomic E-state index is 13.4. The van der Waals surface area contributed by atoms with E-state index in [2.05, 4.69) is 5.16 Å². The maximum Gasteiger partial charge on any atom is 0.416 e. The van der Waals surface area contributed by atoms with Gasteiger partial charge in [-0.1, -0.05) is 23.4 Å². The molecule has 0 aromatic heterocycles. The van der Waals surface area contributed by atoms with Crippen LogP contribution in [0.3, 0.4) is 0 Å². The van der Waals surface area contributed by atoms with Gasteiger partial charge in [-0.2, -0.15) is 13.2 Å². The molecule has 2 heterocycles. The summed E-state index contributed by atoms with van der Waals surface area (Å²) >= 11 is 0. The highest BCUT2D eigenvalue weighted by Crippen LogP contribution is 2.62. The van der Waals surface area contributed by atoms with Crippen molar-refractivity contribution in [3.8, 4) is 0 Å². The highest BCUT2D eigenvalue weighted by atomic mass is 19.4. The lowest BCUT2D eigenvalue weighted by Gasteiger charge is -2.29. The summed E-state index contributed by atoms with van der Waals surface area (Å²) in [7, 11) is 0. The number of benzene rings is 2. The van der Waals surface area contributed by atoms with Crippen LogP contribution in [-0.2, 0) is 20.6 Å². The average Bonchev–Trinajstić information content (AvgIpc) is 3.53. The van der Waals surface area contributed by atoms with Crippen LogP contribution in [0.4, 0.5) is 24.5 Å². The minimum atomic E-state index is -4.61. The summed E-state index contributed by atoms with van der Waals surface area (Å²) in [5.41, 5.74) is -0.134. The van der Waals surface area contributed by atoms with Crippen LogP contribution in [0.1, 0.15) is 17.5 Å². The molecule has 6 unspecified atom stereocenters. The van der Waals surface area contributed by atoms with Crippen molar-refractivity contribution in [2.45, 2.75) is 18.7 Å². The monoisotopic (exact) mass is 471 g/mol. The van der Waals surface area contributed by atoms with E-state index >= 15 is 0 Å². The van der Waals surface area contributed by atoms with Crippen molar-refractivity contribution < 1.29 is 32.5 Å². The van der Waals surface area contributed by atoms with Crippen LogP contribution < -0.4 is 4.90 Å². The van der Waals surface area contributed by atoms with Gasteiger partial charge in [-0.3, -0.25) is 24.6 Å². The first kappa shape index (κ1) is 20.8. The fraction of sp³-hybridized carbons (Fsp3) is 0.348. The van der Waals surface area contributed by atoms with Crippen molar-refractivity contribution >= 4 is 28.9 Å². The minimum Gasteiger partial charge on any atom is -0.391 e. The Kier molecular flexibility index (Phi) is 4.21. The van der Waals surface area contributed by atoms with Gasteiger partial charge >= 0.3 is 6.18 Å². The van der Waals surface area contributed by atoms with Gasteiger partial charge < -0.3 is 4.84 Å². The van der Waals surface area contributed by atoms with Crippen LogP contribution in [0.5, 0.6) is 0 Å². The topological polar surface area (TPSA) is 102 Å². The number of fused-ring (bicyclic) bond motifs is 8. The second-order valence-electron chi connectivity index (χ2n) is 9.05. The maximum absolute atomic E-state index is 13.4. The van der Waals surface area contributed by atoms with Crippen LogP contribution in [0, 0.1) is 39.7 Å². The molecule has 2 aromatic carbocycles. The van der Waals surface area contributed by atoms with Crippen LogP contribution in [0.15, 0.2) is 53.7 Å². The SMILES string of the molecule is O=C1C2C3CC(C4C(c5cccc([N+](=O)[O-])c5)=NOC34)C2C(=O)N1c1cccc(C(F)(F)F)c1. The Morgan fingerprint density at radius 1 is 1.00 bits per heavy atom. The van der Waals surface area contributed by atoms with E-state index in [1.165, 1.54) is 24.3 Å². The number of carbonyl (C=O) groups excluding carboxylic acids is 2. The zero-order chi connectivity index (χ0) is 23.9. The normalized spacial score (nSPS) is 31.4. The number of anilines is 1. The smallest absolute Gasteiger partial charge is 0.391 e. The first-order valence-electron chi connectivity index (χ1n) is 10.7. The zero-order valence-electron chi connectivity index (χ0n) is 17.3. The number of non-ortho nitro benzene ring substituents is 1. The molecule has 0 spiro atoms. The Bertz CT molecular complexity index is 1290. The van der Waals surface area contributed by atoms with Gasteiger partial charge in [-0.25, -0.2) is 0 Å². The molecule has 6 atom stereocenters. The van der Waals surface area contributed by atoms with Crippen molar-refractivity contribution in [2.75, 3.05) is 4.90 Å². The molecule has 8 nitrogen and oxygen atoms in total. The Hall–Kier alpha value is -3.76. The minimum absolute atomic E-state index is 0.0997. The number of nitro groups is 1. The van der Waals surface area contributed by atoms with E-state index < -0.39 is 46.4 Å². The standard InChI is InChI=1S/C23H16F3N3O5/c24-23(25,26)11-4-2-5-12(8-11)28-21(30)16-14-9-15(17(16)22(28)31)20-18(14)19(27-34-20)10-3-1-6-13(7-10)29(32)33/h1-8,14-18,20H,9H2. The molecule has 174 valence electrons. The fourth-order valence-corrected chi connectivity index (χ4v) is 6.22. The Morgan fingerprint density at radius 2 is 1.71 bits per heavy atom. The largest absolute Gasteiger partial charge is 0.416 e. The van der Waals surface area contributed by atoms with Crippen LogP contribution in [-0.4, -0.2) is 28.6 Å². The van der Waals surface area contributed by atoms with Crippen LogP contribution in [0.25, 0.3) is 0 Å². The van der Waals surface area contributed by atoms with Gasteiger partial charge in [0.1, 0.15) is 6.10 Å². The molecule has 3 fully saturated rings. The van der Waals surface area contributed by atoms with Gasteiger partial charge in [-0.15, -0.1) is 0 Å².